The third-order valence-corrected chi connectivity index (χ3v) is 2.61. The number of hydrogen-bond donors (Lipinski definition) is 2. The normalized spacial score (nSPS) is 23.6. The second kappa shape index (κ2) is 5.98. The summed E-state index contributed by atoms with van der Waals surface area (Å²) in [7, 11) is 0. The van der Waals surface area contributed by atoms with E-state index in [1.54, 1.807) is 0 Å². The first-order valence-electron chi connectivity index (χ1n) is 5.42. The molecule has 0 radical (unpaired) electrons. The molecule has 0 aromatic carbocycles. The van der Waals surface area contributed by atoms with Gasteiger partial charge in [-0.15, -0.1) is 0 Å². The van der Waals surface area contributed by atoms with Gasteiger partial charge < -0.3 is 10.4 Å². The van der Waals surface area contributed by atoms with Crippen molar-refractivity contribution in [3.05, 3.63) is 0 Å². The third kappa shape index (κ3) is 2.96. The van der Waals surface area contributed by atoms with Crippen LogP contribution in [0.25, 0.3) is 0 Å². The number of carbonyl (C=O) groups is 1. The summed E-state index contributed by atoms with van der Waals surface area (Å²) in [5.41, 5.74) is 0. The van der Waals surface area contributed by atoms with E-state index in [1.807, 2.05) is 0 Å². The zero-order valence-corrected chi connectivity index (χ0v) is 8.83. The summed E-state index contributed by atoms with van der Waals surface area (Å²) in [6.45, 7) is 4.78. The maximum Gasteiger partial charge on any atom is 0.237 e. The van der Waals surface area contributed by atoms with Crippen LogP contribution in [-0.4, -0.2) is 48.2 Å². The lowest BCUT2D eigenvalue weighted by atomic mass is 10.1. The molecule has 14 heavy (non-hydrogen) atoms. The van der Waals surface area contributed by atoms with E-state index in [-0.39, 0.29) is 18.6 Å². The number of aliphatic hydroxyl groups is 1. The number of amides is 1. The van der Waals surface area contributed by atoms with E-state index in [1.165, 1.54) is 0 Å². The molecule has 1 saturated heterocycles. The van der Waals surface area contributed by atoms with Gasteiger partial charge in [-0.2, -0.15) is 0 Å². The fourth-order valence-corrected chi connectivity index (χ4v) is 1.89. The van der Waals surface area contributed by atoms with Crippen molar-refractivity contribution < 1.29 is 9.90 Å². The number of aliphatic hydroxyl groups excluding tert-OH is 1. The van der Waals surface area contributed by atoms with Crippen LogP contribution in [0.3, 0.4) is 0 Å². The summed E-state index contributed by atoms with van der Waals surface area (Å²) in [5, 5.41) is 11.6. The lowest BCUT2D eigenvalue weighted by Gasteiger charge is -2.34. The third-order valence-electron chi connectivity index (χ3n) is 2.61. The van der Waals surface area contributed by atoms with Crippen molar-refractivity contribution in [2.24, 2.45) is 0 Å². The molecule has 0 aromatic rings. The Hall–Kier alpha value is -0.610. The van der Waals surface area contributed by atoms with E-state index < -0.39 is 0 Å². The Morgan fingerprint density at radius 3 is 3.07 bits per heavy atom. The molecule has 1 fully saturated rings. The summed E-state index contributed by atoms with van der Waals surface area (Å²) in [6, 6.07) is 0.0281. The van der Waals surface area contributed by atoms with Crippen molar-refractivity contribution in [2.45, 2.75) is 32.2 Å². The minimum absolute atomic E-state index is 0.0281. The Morgan fingerprint density at radius 2 is 2.43 bits per heavy atom. The van der Waals surface area contributed by atoms with Gasteiger partial charge in [0.15, 0.2) is 0 Å². The zero-order valence-electron chi connectivity index (χ0n) is 8.83. The van der Waals surface area contributed by atoms with Gasteiger partial charge in [0.25, 0.3) is 0 Å². The molecule has 0 bridgehead atoms. The van der Waals surface area contributed by atoms with Crippen molar-refractivity contribution in [3.8, 4) is 0 Å². The van der Waals surface area contributed by atoms with Crippen molar-refractivity contribution in [2.75, 3.05) is 26.2 Å². The average Bonchev–Trinajstić information content (AvgIpc) is 2.19. The van der Waals surface area contributed by atoms with Gasteiger partial charge in [-0.25, -0.2) is 0 Å². The molecular formula is C10H20N2O2. The lowest BCUT2D eigenvalue weighted by molar-refractivity contribution is -0.129. The highest BCUT2D eigenvalue weighted by Crippen LogP contribution is 2.10. The number of nitrogens with one attached hydrogen (secondary N) is 1. The number of carbonyl (C=O) groups excluding carboxylic acids is 1. The molecule has 1 amide bonds. The number of piperazine rings is 1. The van der Waals surface area contributed by atoms with Crippen LogP contribution in [0.15, 0.2) is 0 Å². The topological polar surface area (TPSA) is 52.6 Å². The average molecular weight is 200 g/mol. The first kappa shape index (κ1) is 11.5. The molecule has 4 nitrogen and oxygen atoms in total. The molecule has 1 atom stereocenters. The Bertz CT molecular complexity index is 185. The van der Waals surface area contributed by atoms with Gasteiger partial charge in [0, 0.05) is 26.2 Å². The molecule has 82 valence electrons. The SMILES string of the molecule is CCCC1C(=O)NCCN1CCCO. The Morgan fingerprint density at radius 1 is 1.64 bits per heavy atom. The van der Waals surface area contributed by atoms with Crippen LogP contribution in [0.5, 0.6) is 0 Å². The molecule has 1 rings (SSSR count). The minimum atomic E-state index is 0.0281. The zero-order chi connectivity index (χ0) is 10.4. The summed E-state index contributed by atoms with van der Waals surface area (Å²) < 4.78 is 0. The predicted octanol–water partition coefficient (Wildman–Crippen LogP) is -0.0307. The second-order valence-electron chi connectivity index (χ2n) is 3.71. The van der Waals surface area contributed by atoms with E-state index in [4.69, 9.17) is 5.11 Å². The van der Waals surface area contributed by atoms with Crippen LogP contribution >= 0.6 is 0 Å². The van der Waals surface area contributed by atoms with E-state index in [2.05, 4.69) is 17.1 Å². The number of hydrogen-bond acceptors (Lipinski definition) is 3. The lowest BCUT2D eigenvalue weighted by Crippen LogP contribution is -2.55. The van der Waals surface area contributed by atoms with Gasteiger partial charge in [-0.3, -0.25) is 9.69 Å². The molecule has 0 saturated carbocycles. The molecule has 1 unspecified atom stereocenters. The van der Waals surface area contributed by atoms with Gasteiger partial charge in [0.1, 0.15) is 0 Å². The van der Waals surface area contributed by atoms with Crippen molar-refractivity contribution >= 4 is 5.91 Å². The largest absolute Gasteiger partial charge is 0.396 e. The molecule has 1 heterocycles. The van der Waals surface area contributed by atoms with Crippen molar-refractivity contribution in [1.82, 2.24) is 10.2 Å². The Labute approximate surface area is 85.3 Å². The maximum atomic E-state index is 11.5. The van der Waals surface area contributed by atoms with Gasteiger partial charge in [0.05, 0.1) is 6.04 Å². The highest BCUT2D eigenvalue weighted by molar-refractivity contribution is 5.82. The van der Waals surface area contributed by atoms with E-state index in [0.29, 0.717) is 0 Å². The molecule has 4 heteroatoms. The molecule has 1 aliphatic heterocycles. The molecule has 1 aliphatic rings. The highest BCUT2D eigenvalue weighted by atomic mass is 16.3. The van der Waals surface area contributed by atoms with Crippen LogP contribution in [0, 0.1) is 0 Å². The summed E-state index contributed by atoms with van der Waals surface area (Å²) >= 11 is 0. The molecule has 0 aliphatic carbocycles. The van der Waals surface area contributed by atoms with Gasteiger partial charge in [-0.05, 0) is 12.8 Å². The number of nitrogens with zero attached hydrogens (tertiary/aromatic N) is 1. The smallest absolute Gasteiger partial charge is 0.237 e. The summed E-state index contributed by atoms with van der Waals surface area (Å²) in [5.74, 6) is 0.149. The molecule has 2 N–H and O–H groups in total. The fraction of sp³-hybridized carbons (Fsp3) is 0.900. The van der Waals surface area contributed by atoms with Crippen LogP contribution in [0.1, 0.15) is 26.2 Å². The van der Waals surface area contributed by atoms with E-state index in [0.717, 1.165) is 38.9 Å². The molecular weight excluding hydrogens is 180 g/mol. The molecule has 0 spiro atoms. The highest BCUT2D eigenvalue weighted by Gasteiger charge is 2.27. The van der Waals surface area contributed by atoms with Crippen LogP contribution in [0.2, 0.25) is 0 Å². The Kier molecular flexibility index (Phi) is 4.90. The Balaban J connectivity index is 2.46. The van der Waals surface area contributed by atoms with Crippen molar-refractivity contribution in [1.29, 1.82) is 0 Å². The summed E-state index contributed by atoms with van der Waals surface area (Å²) in [6.07, 6.45) is 2.69. The monoisotopic (exact) mass is 200 g/mol. The summed E-state index contributed by atoms with van der Waals surface area (Å²) in [4.78, 5) is 13.7. The van der Waals surface area contributed by atoms with E-state index in [9.17, 15) is 4.79 Å². The second-order valence-corrected chi connectivity index (χ2v) is 3.71. The van der Waals surface area contributed by atoms with Gasteiger partial charge in [0.2, 0.25) is 5.91 Å². The number of rotatable bonds is 5. The first-order chi connectivity index (χ1) is 6.79. The predicted molar refractivity (Wildman–Crippen MR) is 55.0 cm³/mol. The van der Waals surface area contributed by atoms with E-state index >= 15 is 0 Å². The van der Waals surface area contributed by atoms with Crippen LogP contribution in [0.4, 0.5) is 0 Å². The standard InChI is InChI=1S/C10H20N2O2/c1-2-4-9-10(14)11-5-7-12(9)6-3-8-13/h9,13H,2-8H2,1H3,(H,11,14). The quantitative estimate of drug-likeness (QED) is 0.655. The van der Waals surface area contributed by atoms with Gasteiger partial charge in [-0.1, -0.05) is 13.3 Å². The maximum absolute atomic E-state index is 11.5. The first-order valence-corrected chi connectivity index (χ1v) is 5.42. The van der Waals surface area contributed by atoms with Gasteiger partial charge >= 0.3 is 0 Å². The fourth-order valence-electron chi connectivity index (χ4n) is 1.89. The minimum Gasteiger partial charge on any atom is -0.396 e. The van der Waals surface area contributed by atoms with Crippen LogP contribution < -0.4 is 5.32 Å². The van der Waals surface area contributed by atoms with Crippen molar-refractivity contribution in [3.63, 3.8) is 0 Å². The van der Waals surface area contributed by atoms with Crippen LogP contribution in [-0.2, 0) is 4.79 Å². The molecule has 0 aromatic heterocycles.